The molecular weight excluding hydrogens is 380 g/mol. The molecule has 1 rings (SSSR count). The second kappa shape index (κ2) is 10.9. The molecule has 0 aliphatic carbocycles. The lowest BCUT2D eigenvalue weighted by atomic mass is 9.94. The number of carbonyl (C=O) groups excluding carboxylic acids is 2. The van der Waals surface area contributed by atoms with Crippen LogP contribution in [0, 0.1) is 0 Å². The summed E-state index contributed by atoms with van der Waals surface area (Å²) in [5.41, 5.74) is 0.0834. The Morgan fingerprint density at radius 3 is 2.24 bits per heavy atom. The number of aliphatic hydroxyl groups is 4. The van der Waals surface area contributed by atoms with Gasteiger partial charge < -0.3 is 29.9 Å². The quantitative estimate of drug-likeness (QED) is 0.233. The molecule has 8 heteroatoms. The van der Waals surface area contributed by atoms with Gasteiger partial charge >= 0.3 is 0 Å². The molecule has 164 valence electrons. The third kappa shape index (κ3) is 7.26. The Morgan fingerprint density at radius 1 is 1.10 bits per heavy atom. The molecular formula is C21H32O8. The average Bonchev–Trinajstić information content (AvgIpc) is 2.65. The van der Waals surface area contributed by atoms with Crippen molar-refractivity contribution in [2.45, 2.75) is 76.8 Å². The highest BCUT2D eigenvalue weighted by Crippen LogP contribution is 2.29. The molecule has 6 unspecified atom stereocenters. The van der Waals surface area contributed by atoms with E-state index >= 15 is 0 Å². The van der Waals surface area contributed by atoms with Crippen LogP contribution in [0.4, 0.5) is 0 Å². The molecule has 29 heavy (non-hydrogen) atoms. The van der Waals surface area contributed by atoms with Gasteiger partial charge in [0.1, 0.15) is 24.4 Å². The second-order valence-electron chi connectivity index (χ2n) is 7.58. The van der Waals surface area contributed by atoms with Gasteiger partial charge in [-0.1, -0.05) is 12.2 Å². The Bertz CT molecular complexity index is 666. The third-order valence-corrected chi connectivity index (χ3v) is 4.83. The van der Waals surface area contributed by atoms with Crippen molar-refractivity contribution >= 4 is 11.6 Å². The highest BCUT2D eigenvalue weighted by atomic mass is 16.7. The first kappa shape index (κ1) is 25.4. The lowest BCUT2D eigenvalue weighted by molar-refractivity contribution is -0.319. The first-order chi connectivity index (χ1) is 13.4. The number of hydrogen-bond acceptors (Lipinski definition) is 8. The maximum Gasteiger partial charge on any atom is 0.187 e. The second-order valence-corrected chi connectivity index (χ2v) is 7.58. The molecule has 0 aromatic carbocycles. The largest absolute Gasteiger partial charge is 0.394 e. The monoisotopic (exact) mass is 412 g/mol. The summed E-state index contributed by atoms with van der Waals surface area (Å²) in [4.78, 5) is 23.5. The maximum absolute atomic E-state index is 12.4. The number of carbonyl (C=O) groups is 2. The van der Waals surface area contributed by atoms with Crippen LogP contribution >= 0.6 is 0 Å². The fourth-order valence-electron chi connectivity index (χ4n) is 2.98. The molecule has 0 aromatic heterocycles. The highest BCUT2D eigenvalue weighted by molar-refractivity contribution is 5.95. The van der Waals surface area contributed by atoms with E-state index in [1.54, 1.807) is 26.8 Å². The number of ether oxygens (including phenoxy) is 2. The van der Waals surface area contributed by atoms with Crippen molar-refractivity contribution in [3.63, 3.8) is 0 Å². The third-order valence-electron chi connectivity index (χ3n) is 4.83. The van der Waals surface area contributed by atoms with Gasteiger partial charge in [0, 0.05) is 6.42 Å². The Morgan fingerprint density at radius 2 is 1.72 bits per heavy atom. The van der Waals surface area contributed by atoms with Crippen LogP contribution in [0.2, 0.25) is 0 Å². The molecule has 4 N–H and O–H groups in total. The molecule has 0 spiro atoms. The Kier molecular flexibility index (Phi) is 9.54. The topological polar surface area (TPSA) is 134 Å². The molecule has 6 atom stereocenters. The summed E-state index contributed by atoms with van der Waals surface area (Å²) in [6.45, 7) is 9.61. The van der Waals surface area contributed by atoms with Gasteiger partial charge in [0.25, 0.3) is 0 Å². The summed E-state index contributed by atoms with van der Waals surface area (Å²) in [5.74, 6) is -0.252. The van der Waals surface area contributed by atoms with Gasteiger partial charge in [-0.2, -0.15) is 0 Å². The van der Waals surface area contributed by atoms with Gasteiger partial charge in [-0.05, 0) is 51.3 Å². The van der Waals surface area contributed by atoms with Crippen LogP contribution < -0.4 is 0 Å². The standard InChI is InChI=1S/C21H32O8/c1-6-21(5,8-7-15(24)13(3)9-12(2)10-14(4)23)29-20-19(27)18(26)17(25)16(11-22)28-20/h6,9-10,16-20,22,25-27H,1,7-8,11H2,2-5H3. The van der Waals surface area contributed by atoms with Crippen molar-refractivity contribution in [1.29, 1.82) is 0 Å². The molecule has 1 aliphatic rings. The van der Waals surface area contributed by atoms with Crippen LogP contribution in [0.5, 0.6) is 0 Å². The minimum atomic E-state index is -1.55. The summed E-state index contributed by atoms with van der Waals surface area (Å²) < 4.78 is 11.1. The van der Waals surface area contributed by atoms with Crippen molar-refractivity contribution in [3.8, 4) is 0 Å². The summed E-state index contributed by atoms with van der Waals surface area (Å²) in [6.07, 6.45) is -2.13. The van der Waals surface area contributed by atoms with Gasteiger partial charge in [-0.15, -0.1) is 6.58 Å². The molecule has 0 saturated carbocycles. The van der Waals surface area contributed by atoms with E-state index in [0.717, 1.165) is 0 Å². The number of rotatable bonds is 10. The van der Waals surface area contributed by atoms with Gasteiger partial charge in [-0.25, -0.2) is 0 Å². The van der Waals surface area contributed by atoms with E-state index in [2.05, 4.69) is 6.58 Å². The van der Waals surface area contributed by atoms with Crippen molar-refractivity contribution in [3.05, 3.63) is 36.0 Å². The van der Waals surface area contributed by atoms with Crippen LogP contribution in [-0.4, -0.2) is 74.9 Å². The number of Topliss-reactive ketones (excluding diaryl/α,β-unsaturated/α-hetero) is 1. The van der Waals surface area contributed by atoms with Crippen LogP contribution in [0.25, 0.3) is 0 Å². The molecule has 1 aliphatic heterocycles. The molecule has 1 fully saturated rings. The first-order valence-electron chi connectivity index (χ1n) is 9.46. The van der Waals surface area contributed by atoms with Crippen molar-refractivity contribution < 1.29 is 39.5 Å². The normalized spacial score (nSPS) is 30.6. The zero-order valence-electron chi connectivity index (χ0n) is 17.4. The lowest BCUT2D eigenvalue weighted by Gasteiger charge is -2.42. The summed E-state index contributed by atoms with van der Waals surface area (Å²) in [6, 6.07) is 0. The number of allylic oxidation sites excluding steroid dienone is 4. The number of ketones is 2. The van der Waals surface area contributed by atoms with Gasteiger partial charge in [0.05, 0.1) is 12.2 Å². The molecule has 0 bridgehead atoms. The summed E-state index contributed by atoms with van der Waals surface area (Å²) >= 11 is 0. The predicted molar refractivity (Wildman–Crippen MR) is 106 cm³/mol. The summed E-state index contributed by atoms with van der Waals surface area (Å²) in [7, 11) is 0. The Hall–Kier alpha value is -1.68. The van der Waals surface area contributed by atoms with E-state index in [1.807, 2.05) is 0 Å². The molecule has 0 aromatic rings. The van der Waals surface area contributed by atoms with Crippen LogP contribution in [0.1, 0.15) is 40.5 Å². The summed E-state index contributed by atoms with van der Waals surface area (Å²) in [5, 5.41) is 39.1. The molecule has 0 radical (unpaired) electrons. The van der Waals surface area contributed by atoms with Crippen molar-refractivity contribution in [2.75, 3.05) is 6.61 Å². The van der Waals surface area contributed by atoms with Crippen LogP contribution in [0.3, 0.4) is 0 Å². The van der Waals surface area contributed by atoms with E-state index in [-0.39, 0.29) is 24.4 Å². The first-order valence-corrected chi connectivity index (χ1v) is 9.46. The average molecular weight is 412 g/mol. The number of hydrogen-bond donors (Lipinski definition) is 4. The lowest BCUT2D eigenvalue weighted by Crippen LogP contribution is -2.60. The van der Waals surface area contributed by atoms with Gasteiger partial charge in [-0.3, -0.25) is 9.59 Å². The fourth-order valence-corrected chi connectivity index (χ4v) is 2.98. The smallest absolute Gasteiger partial charge is 0.187 e. The van der Waals surface area contributed by atoms with E-state index in [9.17, 15) is 30.0 Å². The molecule has 8 nitrogen and oxygen atoms in total. The Balaban J connectivity index is 2.80. The molecule has 1 heterocycles. The maximum atomic E-state index is 12.4. The Labute approximate surface area is 171 Å². The van der Waals surface area contributed by atoms with Gasteiger partial charge in [0.15, 0.2) is 17.9 Å². The molecule has 0 amide bonds. The van der Waals surface area contributed by atoms with Crippen molar-refractivity contribution in [2.24, 2.45) is 0 Å². The minimum absolute atomic E-state index is 0.105. The predicted octanol–water partition coefficient (Wildman–Crippen LogP) is 0.578. The van der Waals surface area contributed by atoms with E-state index in [4.69, 9.17) is 9.47 Å². The van der Waals surface area contributed by atoms with Crippen LogP contribution in [-0.2, 0) is 19.1 Å². The van der Waals surface area contributed by atoms with E-state index in [0.29, 0.717) is 11.1 Å². The minimum Gasteiger partial charge on any atom is -0.394 e. The highest BCUT2D eigenvalue weighted by Gasteiger charge is 2.46. The van der Waals surface area contributed by atoms with Crippen molar-refractivity contribution in [1.82, 2.24) is 0 Å². The SMILES string of the molecule is C=CC(C)(CCC(=O)C(C)=CC(C)=CC(C)=O)OC1OC(CO)C(O)C(O)C1O. The van der Waals surface area contributed by atoms with E-state index in [1.165, 1.54) is 19.1 Å². The fraction of sp³-hybridized carbons (Fsp3) is 0.619. The zero-order chi connectivity index (χ0) is 22.4. The molecule has 1 saturated heterocycles. The van der Waals surface area contributed by atoms with Gasteiger partial charge in [0.2, 0.25) is 0 Å². The number of aliphatic hydroxyl groups excluding tert-OH is 4. The van der Waals surface area contributed by atoms with E-state index < -0.39 is 42.9 Å². The zero-order valence-corrected chi connectivity index (χ0v) is 17.4. The van der Waals surface area contributed by atoms with Crippen LogP contribution in [0.15, 0.2) is 36.0 Å².